The minimum absolute atomic E-state index is 0.00464. The molecule has 1 amide bonds. The van der Waals surface area contributed by atoms with Gasteiger partial charge in [-0.15, -0.1) is 0 Å². The zero-order valence-electron chi connectivity index (χ0n) is 14.1. The summed E-state index contributed by atoms with van der Waals surface area (Å²) in [5.74, 6) is 0.00464. The van der Waals surface area contributed by atoms with Crippen LogP contribution >= 0.6 is 0 Å². The molecule has 0 atom stereocenters. The molecule has 2 heterocycles. The fourth-order valence-electron chi connectivity index (χ4n) is 3.39. The molecule has 0 bridgehead atoms. The highest BCUT2D eigenvalue weighted by atomic mass is 32.2. The first-order chi connectivity index (χ1) is 12.0. The number of nitrogens with zero attached hydrogens (tertiary/aromatic N) is 2. The van der Waals surface area contributed by atoms with Gasteiger partial charge in [-0.1, -0.05) is 6.42 Å². The number of hydrogen-bond donors (Lipinski definition) is 1. The Balaban J connectivity index is 1.57. The molecule has 134 valence electrons. The van der Waals surface area contributed by atoms with Crippen molar-refractivity contribution < 1.29 is 13.2 Å². The lowest BCUT2D eigenvalue weighted by Gasteiger charge is -2.25. The molecule has 1 N–H and O–H groups in total. The second-order valence-electron chi connectivity index (χ2n) is 6.97. The Kier molecular flexibility index (Phi) is 4.29. The third kappa shape index (κ3) is 3.43. The molecule has 6 nitrogen and oxygen atoms in total. The lowest BCUT2D eigenvalue weighted by Crippen LogP contribution is -2.35. The quantitative estimate of drug-likeness (QED) is 0.886. The Morgan fingerprint density at radius 2 is 1.88 bits per heavy atom. The van der Waals surface area contributed by atoms with E-state index < -0.39 is 10.0 Å². The monoisotopic (exact) mass is 361 g/mol. The van der Waals surface area contributed by atoms with E-state index in [0.29, 0.717) is 24.0 Å². The molecule has 2 aromatic rings. The van der Waals surface area contributed by atoms with Crippen molar-refractivity contribution in [2.45, 2.75) is 49.6 Å². The van der Waals surface area contributed by atoms with Crippen LogP contribution in [0.15, 0.2) is 35.4 Å². The molecule has 0 radical (unpaired) electrons. The Hall–Kier alpha value is -1.86. The van der Waals surface area contributed by atoms with E-state index in [4.69, 9.17) is 0 Å². The van der Waals surface area contributed by atoms with Crippen molar-refractivity contribution in [3.8, 4) is 0 Å². The summed E-state index contributed by atoms with van der Waals surface area (Å²) in [7, 11) is -3.43. The van der Waals surface area contributed by atoms with E-state index in [2.05, 4.69) is 5.32 Å². The molecule has 1 aromatic carbocycles. The largest absolute Gasteiger partial charge is 0.352 e. The van der Waals surface area contributed by atoms with Gasteiger partial charge >= 0.3 is 0 Å². The third-order valence-corrected chi connectivity index (χ3v) is 6.85. The number of carbonyl (C=O) groups is 1. The second-order valence-corrected chi connectivity index (χ2v) is 8.91. The maximum Gasteiger partial charge on any atom is 0.243 e. The first kappa shape index (κ1) is 16.6. The van der Waals surface area contributed by atoms with Gasteiger partial charge in [0.05, 0.1) is 4.90 Å². The summed E-state index contributed by atoms with van der Waals surface area (Å²) in [5, 5.41) is 3.82. The van der Waals surface area contributed by atoms with Crippen LogP contribution in [0.1, 0.15) is 32.1 Å². The zero-order valence-corrected chi connectivity index (χ0v) is 15.0. The van der Waals surface area contributed by atoms with Crippen molar-refractivity contribution in [2.24, 2.45) is 0 Å². The number of fused-ring (bicyclic) bond motifs is 1. The van der Waals surface area contributed by atoms with E-state index in [0.717, 1.165) is 43.0 Å². The predicted molar refractivity (Wildman–Crippen MR) is 95.7 cm³/mol. The average molecular weight is 361 g/mol. The number of nitrogens with one attached hydrogen (secondary N) is 1. The van der Waals surface area contributed by atoms with E-state index in [1.54, 1.807) is 22.5 Å². The first-order valence-corrected chi connectivity index (χ1v) is 10.4. The molecule has 0 unspecified atom stereocenters. The maximum absolute atomic E-state index is 12.8. The molecular formula is C18H23N3O3S. The minimum atomic E-state index is -3.43. The van der Waals surface area contributed by atoms with Crippen LogP contribution in [0.5, 0.6) is 0 Å². The maximum atomic E-state index is 12.8. The van der Waals surface area contributed by atoms with E-state index >= 15 is 0 Å². The Bertz CT molecular complexity index is 893. The van der Waals surface area contributed by atoms with Crippen molar-refractivity contribution in [1.29, 1.82) is 0 Å². The molecule has 1 aromatic heterocycles. The van der Waals surface area contributed by atoms with E-state index in [-0.39, 0.29) is 12.5 Å². The summed E-state index contributed by atoms with van der Waals surface area (Å²) < 4.78 is 29.0. The van der Waals surface area contributed by atoms with Gasteiger partial charge in [0.25, 0.3) is 0 Å². The highest BCUT2D eigenvalue weighted by molar-refractivity contribution is 7.89. The van der Waals surface area contributed by atoms with Gasteiger partial charge in [0.2, 0.25) is 15.9 Å². The number of rotatable bonds is 5. The summed E-state index contributed by atoms with van der Waals surface area (Å²) >= 11 is 0. The Morgan fingerprint density at radius 1 is 1.12 bits per heavy atom. The number of carbonyl (C=O) groups excluding carboxylic acids is 1. The van der Waals surface area contributed by atoms with Crippen LogP contribution < -0.4 is 5.32 Å². The van der Waals surface area contributed by atoms with Gasteiger partial charge in [0, 0.05) is 36.2 Å². The van der Waals surface area contributed by atoms with Crippen LogP contribution in [0.25, 0.3) is 10.9 Å². The third-order valence-electron chi connectivity index (χ3n) is 4.95. The smallest absolute Gasteiger partial charge is 0.243 e. The molecule has 7 heteroatoms. The molecule has 1 aliphatic carbocycles. The van der Waals surface area contributed by atoms with Crippen LogP contribution in [0, 0.1) is 0 Å². The number of amides is 1. The molecular weight excluding hydrogens is 338 g/mol. The highest BCUT2D eigenvalue weighted by Crippen LogP contribution is 2.25. The molecule has 2 aliphatic rings. The van der Waals surface area contributed by atoms with Crippen molar-refractivity contribution >= 4 is 26.8 Å². The number of piperidine rings is 1. The van der Waals surface area contributed by atoms with E-state index in [9.17, 15) is 13.2 Å². The number of aromatic nitrogens is 1. The zero-order chi connectivity index (χ0) is 17.4. The molecule has 25 heavy (non-hydrogen) atoms. The molecule has 1 saturated carbocycles. The number of benzene rings is 1. The number of sulfonamides is 1. The molecule has 0 spiro atoms. The van der Waals surface area contributed by atoms with Crippen LogP contribution in [0.2, 0.25) is 0 Å². The molecule has 1 saturated heterocycles. The highest BCUT2D eigenvalue weighted by Gasteiger charge is 2.26. The second kappa shape index (κ2) is 6.46. The van der Waals surface area contributed by atoms with Gasteiger partial charge < -0.3 is 9.88 Å². The van der Waals surface area contributed by atoms with Gasteiger partial charge in [-0.2, -0.15) is 4.31 Å². The van der Waals surface area contributed by atoms with Crippen molar-refractivity contribution in [3.63, 3.8) is 0 Å². The summed E-state index contributed by atoms with van der Waals surface area (Å²) in [6, 6.07) is 7.39. The summed E-state index contributed by atoms with van der Waals surface area (Å²) in [6.45, 7) is 1.46. The number of hydrogen-bond acceptors (Lipinski definition) is 3. The van der Waals surface area contributed by atoms with Crippen LogP contribution in [-0.2, 0) is 21.4 Å². The van der Waals surface area contributed by atoms with E-state index in [1.807, 2.05) is 16.8 Å². The first-order valence-electron chi connectivity index (χ1n) is 8.92. The molecule has 4 rings (SSSR count). The lowest BCUT2D eigenvalue weighted by molar-refractivity contribution is -0.121. The van der Waals surface area contributed by atoms with Gasteiger partial charge in [0.15, 0.2) is 0 Å². The molecule has 1 aliphatic heterocycles. The molecule has 2 fully saturated rings. The van der Waals surface area contributed by atoms with Gasteiger partial charge in [-0.25, -0.2) is 8.42 Å². The van der Waals surface area contributed by atoms with Crippen molar-refractivity contribution in [1.82, 2.24) is 14.2 Å². The standard InChI is InChI=1S/C18H23N3O3S/c22-18(19-15-4-5-15)13-20-11-8-14-12-16(6-7-17(14)20)25(23,24)21-9-2-1-3-10-21/h6-8,11-12,15H,1-5,9-10,13H2,(H,19,22). The van der Waals surface area contributed by atoms with Gasteiger partial charge in [0.1, 0.15) is 6.54 Å². The minimum Gasteiger partial charge on any atom is -0.352 e. The topological polar surface area (TPSA) is 71.4 Å². The predicted octanol–water partition coefficient (Wildman–Crippen LogP) is 2.09. The van der Waals surface area contributed by atoms with Gasteiger partial charge in [-0.3, -0.25) is 4.79 Å². The van der Waals surface area contributed by atoms with Crippen molar-refractivity contribution in [3.05, 3.63) is 30.5 Å². The Labute approximate surface area is 147 Å². The summed E-state index contributed by atoms with van der Waals surface area (Å²) in [5.41, 5.74) is 0.878. The van der Waals surface area contributed by atoms with E-state index in [1.165, 1.54) is 0 Å². The van der Waals surface area contributed by atoms with Crippen LogP contribution in [0.4, 0.5) is 0 Å². The fraction of sp³-hybridized carbons (Fsp3) is 0.500. The average Bonchev–Trinajstić information content (AvgIpc) is 3.34. The lowest BCUT2D eigenvalue weighted by atomic mass is 10.2. The van der Waals surface area contributed by atoms with Crippen LogP contribution in [0.3, 0.4) is 0 Å². The summed E-state index contributed by atoms with van der Waals surface area (Å²) in [6.07, 6.45) is 6.92. The van der Waals surface area contributed by atoms with Gasteiger partial charge in [-0.05, 0) is 49.9 Å². The SMILES string of the molecule is O=C(Cn1ccc2cc(S(=O)(=O)N3CCCCC3)ccc21)NC1CC1. The fourth-order valence-corrected chi connectivity index (χ4v) is 4.94. The summed E-state index contributed by atoms with van der Waals surface area (Å²) in [4.78, 5) is 12.3. The Morgan fingerprint density at radius 3 is 2.60 bits per heavy atom. The van der Waals surface area contributed by atoms with Crippen molar-refractivity contribution in [2.75, 3.05) is 13.1 Å². The normalized spacial score (nSPS) is 19.2. The van der Waals surface area contributed by atoms with Crippen LogP contribution in [-0.4, -0.2) is 42.3 Å².